The molecule has 0 bridgehead atoms. The molecule has 0 saturated carbocycles. The maximum Gasteiger partial charge on any atom is 0.123 e. The van der Waals surface area contributed by atoms with Gasteiger partial charge in [-0.2, -0.15) is 5.10 Å². The van der Waals surface area contributed by atoms with Crippen LogP contribution in [0.1, 0.15) is 23.9 Å². The Kier molecular flexibility index (Phi) is 5.53. The van der Waals surface area contributed by atoms with Crippen molar-refractivity contribution in [2.75, 3.05) is 6.54 Å². The number of nitrogens with zero attached hydrogens (tertiary/aromatic N) is 2. The number of nitrogens with two attached hydrogens (primary N) is 1. The molecular weight excluding hydrogens is 333 g/mol. The Labute approximate surface area is 133 Å². The van der Waals surface area contributed by atoms with Crippen LogP contribution in [0.5, 0.6) is 0 Å². The Morgan fingerprint density at radius 2 is 2.14 bits per heavy atom. The van der Waals surface area contributed by atoms with E-state index in [0.717, 1.165) is 40.7 Å². The summed E-state index contributed by atoms with van der Waals surface area (Å²) < 4.78 is 16.3. The molecule has 0 spiro atoms. The summed E-state index contributed by atoms with van der Waals surface area (Å²) in [5.41, 5.74) is 9.11. The van der Waals surface area contributed by atoms with Gasteiger partial charge in [0.15, 0.2) is 0 Å². The maximum absolute atomic E-state index is 13.3. The largest absolute Gasteiger partial charge is 0.330 e. The minimum Gasteiger partial charge on any atom is -0.330 e. The molecule has 3 nitrogen and oxygen atoms in total. The van der Waals surface area contributed by atoms with E-state index in [-0.39, 0.29) is 11.7 Å². The van der Waals surface area contributed by atoms with E-state index in [1.165, 1.54) is 6.07 Å². The molecule has 0 fully saturated rings. The summed E-state index contributed by atoms with van der Waals surface area (Å²) in [7, 11) is 1.95. The first-order valence-corrected chi connectivity index (χ1v) is 7.99. The van der Waals surface area contributed by atoms with Gasteiger partial charge in [0, 0.05) is 7.05 Å². The number of aromatic nitrogens is 2. The van der Waals surface area contributed by atoms with Crippen LogP contribution in [0.25, 0.3) is 0 Å². The van der Waals surface area contributed by atoms with E-state index in [1.807, 2.05) is 17.8 Å². The van der Waals surface area contributed by atoms with Crippen LogP contribution in [0.15, 0.2) is 28.7 Å². The minimum absolute atomic E-state index is 0.196. The van der Waals surface area contributed by atoms with Crippen LogP contribution in [0.2, 0.25) is 0 Å². The van der Waals surface area contributed by atoms with Gasteiger partial charge in [0.05, 0.1) is 15.9 Å². The average Bonchev–Trinajstić information content (AvgIpc) is 2.73. The fourth-order valence-corrected chi connectivity index (χ4v) is 3.33. The zero-order valence-corrected chi connectivity index (χ0v) is 14.0. The van der Waals surface area contributed by atoms with Crippen molar-refractivity contribution >= 4 is 15.9 Å². The van der Waals surface area contributed by atoms with Crippen molar-refractivity contribution in [2.24, 2.45) is 18.7 Å². The SMILES string of the molecule is CCc1nn(C)c(CC(CN)Cc2cccc(F)c2)c1Br. The third kappa shape index (κ3) is 3.92. The quantitative estimate of drug-likeness (QED) is 0.866. The van der Waals surface area contributed by atoms with E-state index in [0.29, 0.717) is 6.54 Å². The van der Waals surface area contributed by atoms with Crippen molar-refractivity contribution in [3.8, 4) is 0 Å². The molecule has 21 heavy (non-hydrogen) atoms. The second-order valence-electron chi connectivity index (χ2n) is 5.32. The van der Waals surface area contributed by atoms with Gasteiger partial charge in [0.1, 0.15) is 5.82 Å². The van der Waals surface area contributed by atoms with E-state index >= 15 is 0 Å². The third-order valence-corrected chi connectivity index (χ3v) is 4.65. The van der Waals surface area contributed by atoms with Gasteiger partial charge in [-0.15, -0.1) is 0 Å². The van der Waals surface area contributed by atoms with Gasteiger partial charge >= 0.3 is 0 Å². The molecule has 114 valence electrons. The predicted octanol–water partition coefficient (Wildman–Crippen LogP) is 3.24. The van der Waals surface area contributed by atoms with Gasteiger partial charge in [-0.3, -0.25) is 4.68 Å². The molecule has 5 heteroatoms. The molecule has 0 amide bonds. The fourth-order valence-electron chi connectivity index (χ4n) is 2.55. The second-order valence-corrected chi connectivity index (χ2v) is 6.12. The summed E-state index contributed by atoms with van der Waals surface area (Å²) in [6.45, 7) is 2.65. The second kappa shape index (κ2) is 7.18. The molecule has 2 N–H and O–H groups in total. The molecule has 0 aliphatic rings. The third-order valence-electron chi connectivity index (χ3n) is 3.73. The zero-order valence-electron chi connectivity index (χ0n) is 12.4. The lowest BCUT2D eigenvalue weighted by Gasteiger charge is -2.15. The minimum atomic E-state index is -0.196. The molecule has 0 radical (unpaired) electrons. The maximum atomic E-state index is 13.3. The van der Waals surface area contributed by atoms with Crippen LogP contribution >= 0.6 is 15.9 Å². The fraction of sp³-hybridized carbons (Fsp3) is 0.438. The van der Waals surface area contributed by atoms with E-state index in [4.69, 9.17) is 5.73 Å². The van der Waals surface area contributed by atoms with Gasteiger partial charge in [0.2, 0.25) is 0 Å². The van der Waals surface area contributed by atoms with Crippen molar-refractivity contribution < 1.29 is 4.39 Å². The Balaban J connectivity index is 2.14. The van der Waals surface area contributed by atoms with Crippen LogP contribution in [0.3, 0.4) is 0 Å². The molecular formula is C16H21BrFN3. The van der Waals surface area contributed by atoms with Crippen molar-refractivity contribution in [1.29, 1.82) is 0 Å². The topological polar surface area (TPSA) is 43.8 Å². The first kappa shape index (κ1) is 16.2. The Morgan fingerprint density at radius 3 is 2.71 bits per heavy atom. The van der Waals surface area contributed by atoms with Gasteiger partial charge in [-0.05, 0) is 65.4 Å². The van der Waals surface area contributed by atoms with Crippen molar-refractivity contribution in [2.45, 2.75) is 26.2 Å². The van der Waals surface area contributed by atoms with Crippen LogP contribution in [0, 0.1) is 11.7 Å². The molecule has 2 rings (SSSR count). The number of hydrogen-bond acceptors (Lipinski definition) is 2. The Morgan fingerprint density at radius 1 is 1.38 bits per heavy atom. The lowest BCUT2D eigenvalue weighted by Crippen LogP contribution is -2.21. The number of benzene rings is 1. The number of rotatable bonds is 6. The van der Waals surface area contributed by atoms with Gasteiger partial charge < -0.3 is 5.73 Å². The highest BCUT2D eigenvalue weighted by molar-refractivity contribution is 9.10. The number of halogens is 2. The summed E-state index contributed by atoms with van der Waals surface area (Å²) in [6, 6.07) is 6.74. The number of aryl methyl sites for hydroxylation is 2. The molecule has 0 aliphatic carbocycles. The molecule has 1 aromatic carbocycles. The van der Waals surface area contributed by atoms with Crippen LogP contribution in [-0.2, 0) is 26.3 Å². The lowest BCUT2D eigenvalue weighted by molar-refractivity contribution is 0.507. The summed E-state index contributed by atoms with van der Waals surface area (Å²) in [5.74, 6) is 0.0708. The summed E-state index contributed by atoms with van der Waals surface area (Å²) >= 11 is 3.63. The molecule has 1 heterocycles. The standard InChI is InChI=1S/C16H21BrFN3/c1-3-14-16(17)15(21(2)20-14)9-12(10-19)7-11-5-4-6-13(18)8-11/h4-6,8,12H,3,7,9-10,19H2,1-2H3. The van der Waals surface area contributed by atoms with E-state index in [9.17, 15) is 4.39 Å². The molecule has 0 aliphatic heterocycles. The van der Waals surface area contributed by atoms with Crippen LogP contribution in [0.4, 0.5) is 4.39 Å². The Bertz CT molecular complexity index is 610. The summed E-state index contributed by atoms with van der Waals surface area (Å²) in [6.07, 6.45) is 2.50. The van der Waals surface area contributed by atoms with Gasteiger partial charge in [0.25, 0.3) is 0 Å². The van der Waals surface area contributed by atoms with E-state index < -0.39 is 0 Å². The molecule has 0 saturated heterocycles. The molecule has 2 aromatic rings. The lowest BCUT2D eigenvalue weighted by atomic mass is 9.94. The Hall–Kier alpha value is -1.20. The monoisotopic (exact) mass is 353 g/mol. The highest BCUT2D eigenvalue weighted by Gasteiger charge is 2.17. The zero-order chi connectivity index (χ0) is 15.4. The average molecular weight is 354 g/mol. The summed E-state index contributed by atoms with van der Waals surface area (Å²) in [5, 5.41) is 4.51. The highest BCUT2D eigenvalue weighted by Crippen LogP contribution is 2.25. The van der Waals surface area contributed by atoms with E-state index in [1.54, 1.807) is 12.1 Å². The highest BCUT2D eigenvalue weighted by atomic mass is 79.9. The molecule has 1 atom stereocenters. The van der Waals surface area contributed by atoms with Crippen LogP contribution < -0.4 is 5.73 Å². The van der Waals surface area contributed by atoms with Crippen molar-refractivity contribution in [1.82, 2.24) is 9.78 Å². The smallest absolute Gasteiger partial charge is 0.123 e. The van der Waals surface area contributed by atoms with Gasteiger partial charge in [-0.25, -0.2) is 4.39 Å². The molecule has 1 unspecified atom stereocenters. The molecule has 1 aromatic heterocycles. The van der Waals surface area contributed by atoms with Crippen LogP contribution in [-0.4, -0.2) is 16.3 Å². The van der Waals surface area contributed by atoms with E-state index in [2.05, 4.69) is 28.0 Å². The normalized spacial score (nSPS) is 12.6. The van der Waals surface area contributed by atoms with Crippen molar-refractivity contribution in [3.05, 3.63) is 51.5 Å². The first-order valence-electron chi connectivity index (χ1n) is 7.19. The summed E-state index contributed by atoms with van der Waals surface area (Å²) in [4.78, 5) is 0. The van der Waals surface area contributed by atoms with Crippen molar-refractivity contribution in [3.63, 3.8) is 0 Å². The predicted molar refractivity (Wildman–Crippen MR) is 86.6 cm³/mol. The number of hydrogen-bond donors (Lipinski definition) is 1. The van der Waals surface area contributed by atoms with Gasteiger partial charge in [-0.1, -0.05) is 19.1 Å². The first-order chi connectivity index (χ1) is 10.0.